The number of hydrogen-bond donors (Lipinski definition) is 2. The Hall–Kier alpha value is -3.50. The lowest BCUT2D eigenvalue weighted by atomic mass is 9.94. The van der Waals surface area contributed by atoms with Crippen molar-refractivity contribution in [3.05, 3.63) is 59.4 Å². The minimum Gasteiger partial charge on any atom is -0.490 e. The summed E-state index contributed by atoms with van der Waals surface area (Å²) in [6.07, 6.45) is 1.85. The van der Waals surface area contributed by atoms with Crippen LogP contribution in [-0.2, 0) is 9.53 Å². The van der Waals surface area contributed by atoms with Gasteiger partial charge in [0.05, 0.1) is 29.7 Å². The van der Waals surface area contributed by atoms with Crippen molar-refractivity contribution in [1.82, 2.24) is 15.1 Å². The second-order valence-corrected chi connectivity index (χ2v) is 10.0. The van der Waals surface area contributed by atoms with E-state index >= 15 is 0 Å². The second kappa shape index (κ2) is 12.4. The van der Waals surface area contributed by atoms with Gasteiger partial charge in [0, 0.05) is 19.3 Å². The Bertz CT molecular complexity index is 1170. The molecule has 4 rings (SSSR count). The van der Waals surface area contributed by atoms with Crippen LogP contribution < -0.4 is 15.4 Å². The third kappa shape index (κ3) is 6.68. The van der Waals surface area contributed by atoms with Gasteiger partial charge in [-0.25, -0.2) is 4.39 Å². The number of anilines is 1. The number of amides is 3. The van der Waals surface area contributed by atoms with Crippen LogP contribution in [0.1, 0.15) is 46.4 Å². The normalized spacial score (nSPS) is 21.0. The molecular weight excluding hydrogens is 491 g/mol. The van der Waals surface area contributed by atoms with Crippen molar-refractivity contribution in [2.75, 3.05) is 46.2 Å². The summed E-state index contributed by atoms with van der Waals surface area (Å²) in [5.74, 6) is -1.17. The molecule has 2 N–H and O–H groups in total. The van der Waals surface area contributed by atoms with Crippen LogP contribution in [0.3, 0.4) is 0 Å². The Labute approximate surface area is 222 Å². The van der Waals surface area contributed by atoms with Gasteiger partial charge in [0.2, 0.25) is 5.91 Å². The van der Waals surface area contributed by atoms with E-state index in [1.54, 1.807) is 36.2 Å². The van der Waals surface area contributed by atoms with Crippen LogP contribution in [0.2, 0.25) is 0 Å². The zero-order valence-electron chi connectivity index (χ0n) is 22.0. The Morgan fingerprint density at radius 1 is 1.16 bits per heavy atom. The van der Waals surface area contributed by atoms with Crippen molar-refractivity contribution in [1.29, 1.82) is 0 Å². The Balaban J connectivity index is 1.39. The van der Waals surface area contributed by atoms with Crippen LogP contribution in [-0.4, -0.2) is 86.6 Å². The van der Waals surface area contributed by atoms with Crippen molar-refractivity contribution in [2.45, 2.75) is 43.9 Å². The van der Waals surface area contributed by atoms with Crippen molar-refractivity contribution >= 4 is 23.4 Å². The highest BCUT2D eigenvalue weighted by Crippen LogP contribution is 2.32. The number of fused-ring (bicyclic) bond motifs is 2. The maximum absolute atomic E-state index is 14.0. The van der Waals surface area contributed by atoms with Crippen LogP contribution in [0, 0.1) is 5.82 Å². The summed E-state index contributed by atoms with van der Waals surface area (Å²) >= 11 is 0. The topological polar surface area (TPSA) is 100 Å². The van der Waals surface area contributed by atoms with Crippen LogP contribution >= 0.6 is 0 Å². The molecule has 204 valence electrons. The van der Waals surface area contributed by atoms with E-state index in [0.29, 0.717) is 36.4 Å². The minimum atomic E-state index is -0.626. The quantitative estimate of drug-likeness (QED) is 0.513. The Morgan fingerprint density at radius 2 is 1.95 bits per heavy atom. The highest BCUT2D eigenvalue weighted by molar-refractivity contribution is 6.05. The molecule has 0 aromatic heterocycles. The predicted molar refractivity (Wildman–Crippen MR) is 141 cm³/mol. The highest BCUT2D eigenvalue weighted by Gasteiger charge is 2.39. The molecule has 2 heterocycles. The van der Waals surface area contributed by atoms with E-state index < -0.39 is 11.7 Å². The van der Waals surface area contributed by atoms with Crippen LogP contribution in [0.4, 0.5) is 10.1 Å². The number of nitrogens with zero attached hydrogens (tertiary/aromatic N) is 2. The number of carbonyl (C=O) groups is 3. The largest absolute Gasteiger partial charge is 0.490 e. The van der Waals surface area contributed by atoms with Gasteiger partial charge in [0.15, 0.2) is 0 Å². The molecular formula is C28H35FN4O5. The van der Waals surface area contributed by atoms with Crippen molar-refractivity contribution in [3.8, 4) is 5.75 Å². The fourth-order valence-corrected chi connectivity index (χ4v) is 4.85. The van der Waals surface area contributed by atoms with Gasteiger partial charge < -0.3 is 29.9 Å². The molecule has 0 aliphatic carbocycles. The number of hydrogen-bond acceptors (Lipinski definition) is 6. The van der Waals surface area contributed by atoms with Gasteiger partial charge in [-0.3, -0.25) is 14.4 Å². The molecule has 2 aromatic carbocycles. The summed E-state index contributed by atoms with van der Waals surface area (Å²) in [6.45, 7) is 1.75. The molecule has 3 atom stereocenters. The standard InChI is InChI=1S/C28H35FN4O5/c1-32(2)14-6-13-30-26(34)16-19-10-11-23-25(38-19)17-37-24-12-9-18(15-21(24)28(36)33(23)3)31-27(35)20-7-4-5-8-22(20)29/h4-5,7-9,12,15,19,23,25H,6,10-11,13-14,16-17H2,1-3H3,(H,30,34)(H,31,35)/t19-,23-,25+/m1/s1. The van der Waals surface area contributed by atoms with Gasteiger partial charge in [-0.2, -0.15) is 0 Å². The second-order valence-electron chi connectivity index (χ2n) is 10.0. The Morgan fingerprint density at radius 3 is 2.71 bits per heavy atom. The molecule has 2 aromatic rings. The first-order chi connectivity index (χ1) is 18.2. The molecule has 38 heavy (non-hydrogen) atoms. The Kier molecular flexibility index (Phi) is 8.96. The van der Waals surface area contributed by atoms with Crippen molar-refractivity contribution < 1.29 is 28.2 Å². The summed E-state index contributed by atoms with van der Waals surface area (Å²) in [4.78, 5) is 42.1. The average Bonchev–Trinajstić information content (AvgIpc) is 2.89. The maximum Gasteiger partial charge on any atom is 0.258 e. The summed E-state index contributed by atoms with van der Waals surface area (Å²) in [5.41, 5.74) is 0.575. The first-order valence-electron chi connectivity index (χ1n) is 12.9. The van der Waals surface area contributed by atoms with E-state index in [4.69, 9.17) is 9.47 Å². The number of halogens is 1. The minimum absolute atomic E-state index is 0.0429. The number of nitrogens with one attached hydrogen (secondary N) is 2. The molecule has 9 nitrogen and oxygen atoms in total. The highest BCUT2D eigenvalue weighted by atomic mass is 19.1. The summed E-state index contributed by atoms with van der Waals surface area (Å²) in [5, 5.41) is 5.60. The molecule has 0 bridgehead atoms. The van der Waals surface area contributed by atoms with Gasteiger partial charge >= 0.3 is 0 Å². The predicted octanol–water partition coefficient (Wildman–Crippen LogP) is 2.92. The van der Waals surface area contributed by atoms with Crippen LogP contribution in [0.15, 0.2) is 42.5 Å². The number of likely N-dealkylation sites (N-methyl/N-ethyl adjacent to an activating group) is 1. The zero-order chi connectivity index (χ0) is 27.2. The van der Waals surface area contributed by atoms with E-state index in [0.717, 1.165) is 13.0 Å². The lowest BCUT2D eigenvalue weighted by Crippen LogP contribution is -2.54. The van der Waals surface area contributed by atoms with E-state index in [-0.39, 0.29) is 48.7 Å². The van der Waals surface area contributed by atoms with E-state index in [2.05, 4.69) is 15.5 Å². The molecule has 0 radical (unpaired) electrons. The SMILES string of the molecule is CN(C)CCCNC(=O)C[C@H]1CC[C@@H]2[C@H](COc3ccc(NC(=O)c4ccccc4F)cc3C(=O)N2C)O1. The molecule has 0 unspecified atom stereocenters. The first kappa shape index (κ1) is 27.5. The zero-order valence-corrected chi connectivity index (χ0v) is 22.0. The molecule has 0 spiro atoms. The fraction of sp³-hybridized carbons (Fsp3) is 0.464. The number of benzene rings is 2. The smallest absolute Gasteiger partial charge is 0.258 e. The lowest BCUT2D eigenvalue weighted by Gasteiger charge is -2.42. The van der Waals surface area contributed by atoms with E-state index in [1.165, 1.54) is 18.2 Å². The van der Waals surface area contributed by atoms with E-state index in [9.17, 15) is 18.8 Å². The van der Waals surface area contributed by atoms with Gasteiger partial charge in [-0.05, 0) is 70.2 Å². The first-order valence-corrected chi connectivity index (χ1v) is 12.9. The molecule has 1 fully saturated rings. The summed E-state index contributed by atoms with van der Waals surface area (Å²) < 4.78 is 26.2. The van der Waals surface area contributed by atoms with Gasteiger partial charge in [0.1, 0.15) is 24.3 Å². The number of ether oxygens (including phenoxy) is 2. The number of carbonyl (C=O) groups excluding carboxylic acids is 3. The molecule has 0 saturated carbocycles. The van der Waals surface area contributed by atoms with Crippen molar-refractivity contribution in [3.63, 3.8) is 0 Å². The van der Waals surface area contributed by atoms with Crippen LogP contribution in [0.5, 0.6) is 5.75 Å². The van der Waals surface area contributed by atoms with E-state index in [1.807, 2.05) is 14.1 Å². The molecule has 1 saturated heterocycles. The van der Waals surface area contributed by atoms with Gasteiger partial charge in [-0.15, -0.1) is 0 Å². The molecule has 3 amide bonds. The number of rotatable bonds is 8. The average molecular weight is 527 g/mol. The molecule has 2 aliphatic heterocycles. The third-order valence-electron chi connectivity index (χ3n) is 6.91. The fourth-order valence-electron chi connectivity index (χ4n) is 4.85. The van der Waals surface area contributed by atoms with Crippen molar-refractivity contribution in [2.24, 2.45) is 0 Å². The third-order valence-corrected chi connectivity index (χ3v) is 6.91. The summed E-state index contributed by atoms with van der Waals surface area (Å²) in [6, 6.07) is 10.2. The van der Waals surface area contributed by atoms with Gasteiger partial charge in [0.25, 0.3) is 11.8 Å². The lowest BCUT2D eigenvalue weighted by molar-refractivity contribution is -0.134. The monoisotopic (exact) mass is 526 g/mol. The summed E-state index contributed by atoms with van der Waals surface area (Å²) in [7, 11) is 5.72. The van der Waals surface area contributed by atoms with Gasteiger partial charge in [-0.1, -0.05) is 12.1 Å². The molecule has 10 heteroatoms. The van der Waals surface area contributed by atoms with Crippen LogP contribution in [0.25, 0.3) is 0 Å². The molecule has 2 aliphatic rings. The maximum atomic E-state index is 14.0.